The Morgan fingerprint density at radius 2 is 1.95 bits per heavy atom. The van der Waals surface area contributed by atoms with E-state index in [4.69, 9.17) is 9.84 Å². The zero-order valence-electron chi connectivity index (χ0n) is 12.6. The van der Waals surface area contributed by atoms with Crippen LogP contribution in [0.15, 0.2) is 24.3 Å². The van der Waals surface area contributed by atoms with Gasteiger partial charge in [0.25, 0.3) is 0 Å². The summed E-state index contributed by atoms with van der Waals surface area (Å²) < 4.78 is 5.70. The maximum Gasteiger partial charge on any atom is 0.307 e. The Bertz CT molecular complexity index is 403. The molecule has 0 spiro atoms. The number of carbonyl (C=O) groups is 1. The van der Waals surface area contributed by atoms with Crippen molar-refractivity contribution in [1.82, 2.24) is 4.90 Å². The highest BCUT2D eigenvalue weighted by atomic mass is 16.5. The molecule has 0 aliphatic heterocycles. The molecule has 1 aromatic carbocycles. The fraction of sp³-hybridized carbons (Fsp3) is 0.562. The molecule has 1 unspecified atom stereocenters. The number of ether oxygens (including phenoxy) is 1. The van der Waals surface area contributed by atoms with Gasteiger partial charge < -0.3 is 9.84 Å². The molecule has 1 aromatic rings. The van der Waals surface area contributed by atoms with Crippen LogP contribution in [0.1, 0.15) is 32.8 Å². The number of hydrogen-bond acceptors (Lipinski definition) is 3. The highest BCUT2D eigenvalue weighted by Crippen LogP contribution is 2.13. The number of aliphatic carboxylic acids is 1. The van der Waals surface area contributed by atoms with Crippen LogP contribution in [0.5, 0.6) is 5.75 Å². The van der Waals surface area contributed by atoms with Gasteiger partial charge in [0, 0.05) is 12.6 Å². The van der Waals surface area contributed by atoms with Crippen LogP contribution in [0.25, 0.3) is 0 Å². The van der Waals surface area contributed by atoms with Gasteiger partial charge in [0.05, 0.1) is 6.42 Å². The lowest BCUT2D eigenvalue weighted by molar-refractivity contribution is -0.136. The molecule has 112 valence electrons. The maximum atomic E-state index is 10.6. The second-order valence-electron chi connectivity index (χ2n) is 4.95. The summed E-state index contributed by atoms with van der Waals surface area (Å²) in [5.41, 5.74) is 0.791. The minimum Gasteiger partial charge on any atom is -0.492 e. The molecule has 0 radical (unpaired) electrons. The molecule has 0 saturated carbocycles. The second-order valence-corrected chi connectivity index (χ2v) is 4.95. The zero-order valence-corrected chi connectivity index (χ0v) is 12.6. The quantitative estimate of drug-likeness (QED) is 0.755. The summed E-state index contributed by atoms with van der Waals surface area (Å²) in [7, 11) is 0. The number of carboxylic acids is 1. The van der Waals surface area contributed by atoms with Crippen molar-refractivity contribution < 1.29 is 14.6 Å². The third-order valence-electron chi connectivity index (χ3n) is 3.55. The number of carboxylic acid groups (broad SMARTS) is 1. The molecule has 0 saturated heterocycles. The molecule has 1 rings (SSSR count). The third kappa shape index (κ3) is 5.61. The van der Waals surface area contributed by atoms with Crippen molar-refractivity contribution >= 4 is 5.97 Å². The third-order valence-corrected chi connectivity index (χ3v) is 3.55. The lowest BCUT2D eigenvalue weighted by Crippen LogP contribution is -2.35. The summed E-state index contributed by atoms with van der Waals surface area (Å²) in [6, 6.07) is 7.84. The van der Waals surface area contributed by atoms with Crippen LogP contribution in [0.4, 0.5) is 0 Å². The van der Waals surface area contributed by atoms with Gasteiger partial charge in [-0.1, -0.05) is 26.0 Å². The number of benzene rings is 1. The number of likely N-dealkylation sites (N-methyl/N-ethyl adjacent to an activating group) is 1. The summed E-state index contributed by atoms with van der Waals surface area (Å²) in [6.07, 6.45) is 1.19. The Labute approximate surface area is 121 Å². The van der Waals surface area contributed by atoms with Crippen molar-refractivity contribution in [2.45, 2.75) is 39.7 Å². The van der Waals surface area contributed by atoms with Gasteiger partial charge in [0.2, 0.25) is 0 Å². The molecule has 0 aliphatic carbocycles. The van der Waals surface area contributed by atoms with Crippen LogP contribution >= 0.6 is 0 Å². The van der Waals surface area contributed by atoms with E-state index in [0.29, 0.717) is 12.6 Å². The largest absolute Gasteiger partial charge is 0.492 e. The van der Waals surface area contributed by atoms with Crippen LogP contribution < -0.4 is 4.74 Å². The van der Waals surface area contributed by atoms with Gasteiger partial charge in [0.15, 0.2) is 0 Å². The van der Waals surface area contributed by atoms with Crippen LogP contribution in [-0.2, 0) is 11.2 Å². The minimum atomic E-state index is -0.814. The van der Waals surface area contributed by atoms with Crippen molar-refractivity contribution in [2.75, 3.05) is 19.7 Å². The minimum absolute atomic E-state index is 0.0535. The molecular weight excluding hydrogens is 254 g/mol. The summed E-state index contributed by atoms with van der Waals surface area (Å²) in [4.78, 5) is 13.0. The topological polar surface area (TPSA) is 49.8 Å². The first-order valence-electron chi connectivity index (χ1n) is 7.24. The lowest BCUT2D eigenvalue weighted by Gasteiger charge is -2.26. The van der Waals surface area contributed by atoms with Crippen molar-refractivity contribution in [3.8, 4) is 5.75 Å². The molecule has 0 aromatic heterocycles. The van der Waals surface area contributed by atoms with E-state index >= 15 is 0 Å². The van der Waals surface area contributed by atoms with E-state index in [1.165, 1.54) is 0 Å². The predicted molar refractivity (Wildman–Crippen MR) is 80.3 cm³/mol. The highest BCUT2D eigenvalue weighted by molar-refractivity contribution is 5.70. The van der Waals surface area contributed by atoms with Crippen LogP contribution in [-0.4, -0.2) is 41.7 Å². The van der Waals surface area contributed by atoms with Crippen molar-refractivity contribution in [3.05, 3.63) is 29.8 Å². The zero-order chi connectivity index (χ0) is 15.0. The molecule has 4 nitrogen and oxygen atoms in total. The monoisotopic (exact) mass is 279 g/mol. The van der Waals surface area contributed by atoms with Gasteiger partial charge in [-0.3, -0.25) is 9.69 Å². The first-order chi connectivity index (χ1) is 9.56. The summed E-state index contributed by atoms with van der Waals surface area (Å²) in [5, 5.41) is 8.70. The van der Waals surface area contributed by atoms with Gasteiger partial charge in [-0.05, 0) is 37.6 Å². The van der Waals surface area contributed by atoms with E-state index in [0.717, 1.165) is 30.8 Å². The van der Waals surface area contributed by atoms with Crippen LogP contribution in [0, 0.1) is 0 Å². The average Bonchev–Trinajstić information content (AvgIpc) is 2.44. The molecule has 0 aliphatic rings. The van der Waals surface area contributed by atoms with Crippen molar-refractivity contribution in [2.24, 2.45) is 0 Å². The van der Waals surface area contributed by atoms with E-state index in [1.807, 2.05) is 12.1 Å². The highest BCUT2D eigenvalue weighted by Gasteiger charge is 2.09. The first kappa shape index (κ1) is 16.5. The van der Waals surface area contributed by atoms with Crippen LogP contribution in [0.3, 0.4) is 0 Å². The van der Waals surface area contributed by atoms with Gasteiger partial charge in [-0.25, -0.2) is 0 Å². The number of hydrogen-bond donors (Lipinski definition) is 1. The van der Waals surface area contributed by atoms with Crippen LogP contribution in [0.2, 0.25) is 0 Å². The van der Waals surface area contributed by atoms with Gasteiger partial charge >= 0.3 is 5.97 Å². The molecule has 0 bridgehead atoms. The fourth-order valence-corrected chi connectivity index (χ4v) is 2.11. The van der Waals surface area contributed by atoms with Crippen molar-refractivity contribution in [1.29, 1.82) is 0 Å². The fourth-order valence-electron chi connectivity index (χ4n) is 2.11. The number of nitrogens with zero attached hydrogens (tertiary/aromatic N) is 1. The summed E-state index contributed by atoms with van der Waals surface area (Å²) >= 11 is 0. The molecule has 0 heterocycles. The maximum absolute atomic E-state index is 10.6. The SMILES string of the molecule is CCC(C)N(CC)CCOc1ccc(CC(=O)O)cc1. The molecule has 20 heavy (non-hydrogen) atoms. The standard InChI is InChI=1S/C16H25NO3/c1-4-13(3)17(5-2)10-11-20-15-8-6-14(7-9-15)12-16(18)19/h6-9,13H,4-5,10-12H2,1-3H3,(H,18,19). The summed E-state index contributed by atoms with van der Waals surface area (Å²) in [6.45, 7) is 9.15. The average molecular weight is 279 g/mol. The van der Waals surface area contributed by atoms with Gasteiger partial charge in [-0.2, -0.15) is 0 Å². The summed E-state index contributed by atoms with van der Waals surface area (Å²) in [5.74, 6) is -0.0230. The van der Waals surface area contributed by atoms with E-state index in [1.54, 1.807) is 12.1 Å². The lowest BCUT2D eigenvalue weighted by atomic mass is 10.1. The van der Waals surface area contributed by atoms with Crippen molar-refractivity contribution in [3.63, 3.8) is 0 Å². The van der Waals surface area contributed by atoms with E-state index in [2.05, 4.69) is 25.7 Å². The smallest absolute Gasteiger partial charge is 0.307 e. The second kappa shape index (κ2) is 8.59. The molecule has 4 heteroatoms. The Balaban J connectivity index is 2.40. The predicted octanol–water partition coefficient (Wildman–Crippen LogP) is 2.81. The molecular formula is C16H25NO3. The Morgan fingerprint density at radius 1 is 1.30 bits per heavy atom. The number of rotatable bonds is 9. The first-order valence-corrected chi connectivity index (χ1v) is 7.24. The Morgan fingerprint density at radius 3 is 2.45 bits per heavy atom. The normalized spacial score (nSPS) is 12.4. The molecule has 0 amide bonds. The van der Waals surface area contributed by atoms with E-state index in [-0.39, 0.29) is 6.42 Å². The van der Waals surface area contributed by atoms with E-state index in [9.17, 15) is 4.79 Å². The Kier molecular flexibility index (Phi) is 7.09. The van der Waals surface area contributed by atoms with Gasteiger partial charge in [0.1, 0.15) is 12.4 Å². The van der Waals surface area contributed by atoms with Gasteiger partial charge in [-0.15, -0.1) is 0 Å². The molecule has 1 N–H and O–H groups in total. The van der Waals surface area contributed by atoms with E-state index < -0.39 is 5.97 Å². The molecule has 1 atom stereocenters. The molecule has 0 fully saturated rings. The Hall–Kier alpha value is -1.55.